The Kier molecular flexibility index (Phi) is 7.10. The van der Waals surface area contributed by atoms with Crippen molar-refractivity contribution >= 4 is 17.7 Å². The van der Waals surface area contributed by atoms with Gasteiger partial charge >= 0.3 is 5.97 Å². The number of halogens is 1. The van der Waals surface area contributed by atoms with Crippen LogP contribution in [0.4, 0.5) is 4.39 Å². The largest absolute Gasteiger partial charge is 0.487 e. The summed E-state index contributed by atoms with van der Waals surface area (Å²) in [6, 6.07) is 10.6. The van der Waals surface area contributed by atoms with Crippen LogP contribution in [0, 0.1) is 11.7 Å². The molecule has 0 aliphatic heterocycles. The van der Waals surface area contributed by atoms with E-state index in [0.717, 1.165) is 22.4 Å². The lowest BCUT2D eigenvalue weighted by Crippen LogP contribution is -2.06. The normalized spacial score (nSPS) is 13.4. The number of pyridine rings is 1. The Balaban J connectivity index is 1.51. The summed E-state index contributed by atoms with van der Waals surface area (Å²) >= 11 is 1.78. The third kappa shape index (κ3) is 6.54. The van der Waals surface area contributed by atoms with Gasteiger partial charge in [0.2, 0.25) is 0 Å². The molecule has 0 unspecified atom stereocenters. The number of benzene rings is 1. The zero-order valence-electron chi connectivity index (χ0n) is 15.4. The van der Waals surface area contributed by atoms with Crippen LogP contribution in [-0.2, 0) is 22.6 Å². The number of ether oxygens (including phenoxy) is 2. The van der Waals surface area contributed by atoms with Crippen LogP contribution in [0.2, 0.25) is 0 Å². The lowest BCUT2D eigenvalue weighted by Gasteiger charge is -2.09. The van der Waals surface area contributed by atoms with Gasteiger partial charge in [-0.25, -0.2) is 9.37 Å². The number of hydrogen-bond donors (Lipinski definition) is 0. The van der Waals surface area contributed by atoms with Crippen LogP contribution in [0.25, 0.3) is 0 Å². The minimum atomic E-state index is -0.376. The average Bonchev–Trinajstić information content (AvgIpc) is 3.49. The maximum atomic E-state index is 14.2. The summed E-state index contributed by atoms with van der Waals surface area (Å²) in [6.07, 6.45) is 3.14. The minimum Gasteiger partial charge on any atom is -0.487 e. The van der Waals surface area contributed by atoms with E-state index in [1.807, 2.05) is 18.2 Å². The number of esters is 1. The molecule has 0 radical (unpaired) electrons. The van der Waals surface area contributed by atoms with Crippen molar-refractivity contribution in [2.75, 3.05) is 12.4 Å². The molecule has 2 aromatic rings. The highest BCUT2D eigenvalue weighted by molar-refractivity contribution is 7.99. The number of thioether (sulfide) groups is 1. The molecule has 144 valence electrons. The molecule has 3 rings (SSSR count). The predicted octanol–water partition coefficient (Wildman–Crippen LogP) is 4.80. The van der Waals surface area contributed by atoms with Crippen LogP contribution in [0.15, 0.2) is 41.4 Å². The van der Waals surface area contributed by atoms with Crippen LogP contribution >= 0.6 is 11.8 Å². The number of hydrogen-bond acceptors (Lipinski definition) is 5. The highest BCUT2D eigenvalue weighted by atomic mass is 32.2. The van der Waals surface area contributed by atoms with E-state index in [2.05, 4.69) is 4.98 Å². The third-order valence-electron chi connectivity index (χ3n) is 4.26. The summed E-state index contributed by atoms with van der Waals surface area (Å²) < 4.78 is 24.8. The molecule has 1 aliphatic carbocycles. The van der Waals surface area contributed by atoms with Gasteiger partial charge in [0.1, 0.15) is 18.2 Å². The predicted molar refractivity (Wildman–Crippen MR) is 103 cm³/mol. The topological polar surface area (TPSA) is 48.4 Å². The van der Waals surface area contributed by atoms with E-state index in [-0.39, 0.29) is 18.2 Å². The molecule has 1 fully saturated rings. The quantitative estimate of drug-likeness (QED) is 0.432. The summed E-state index contributed by atoms with van der Waals surface area (Å²) in [5.41, 5.74) is 1.30. The van der Waals surface area contributed by atoms with E-state index in [9.17, 15) is 9.18 Å². The number of carbonyl (C=O) groups is 1. The molecule has 0 atom stereocenters. The summed E-state index contributed by atoms with van der Waals surface area (Å²) in [6.45, 7) is 2.38. The first-order valence-corrected chi connectivity index (χ1v) is 10.3. The van der Waals surface area contributed by atoms with Gasteiger partial charge in [0.15, 0.2) is 0 Å². The molecule has 6 heteroatoms. The van der Waals surface area contributed by atoms with Gasteiger partial charge in [-0.05, 0) is 55.9 Å². The summed E-state index contributed by atoms with van der Waals surface area (Å²) in [4.78, 5) is 16.0. The van der Waals surface area contributed by atoms with Crippen molar-refractivity contribution in [1.29, 1.82) is 0 Å². The summed E-state index contributed by atoms with van der Waals surface area (Å²) in [7, 11) is 0. The second kappa shape index (κ2) is 9.74. The zero-order valence-corrected chi connectivity index (χ0v) is 16.3. The van der Waals surface area contributed by atoms with Gasteiger partial charge in [0, 0.05) is 18.2 Å². The van der Waals surface area contributed by atoms with Crippen molar-refractivity contribution in [2.24, 2.45) is 5.92 Å². The van der Waals surface area contributed by atoms with E-state index >= 15 is 0 Å². The second-order valence-corrected chi connectivity index (χ2v) is 7.61. The van der Waals surface area contributed by atoms with Gasteiger partial charge < -0.3 is 9.47 Å². The van der Waals surface area contributed by atoms with Gasteiger partial charge in [-0.15, -0.1) is 11.8 Å². The van der Waals surface area contributed by atoms with E-state index in [1.165, 1.54) is 18.9 Å². The number of aryl methyl sites for hydroxylation is 1. The average molecular weight is 389 g/mol. The lowest BCUT2D eigenvalue weighted by molar-refractivity contribution is -0.143. The van der Waals surface area contributed by atoms with Crippen LogP contribution in [-0.4, -0.2) is 23.3 Å². The molecule has 4 nitrogen and oxygen atoms in total. The maximum absolute atomic E-state index is 14.2. The Morgan fingerprint density at radius 1 is 1.30 bits per heavy atom. The number of aromatic nitrogens is 1. The molecule has 1 aromatic carbocycles. The molecule has 0 amide bonds. The molecule has 0 spiro atoms. The monoisotopic (exact) mass is 389 g/mol. The SMILES string of the molecule is CCOC(=O)CCc1ccc(OCc2cccc(SCC3CC3)n2)cc1F. The maximum Gasteiger partial charge on any atom is 0.306 e. The highest BCUT2D eigenvalue weighted by Crippen LogP contribution is 2.34. The Hall–Kier alpha value is -2.08. The van der Waals surface area contributed by atoms with Crippen LogP contribution < -0.4 is 4.74 Å². The first-order chi connectivity index (χ1) is 13.1. The van der Waals surface area contributed by atoms with Crippen molar-refractivity contribution in [3.8, 4) is 5.75 Å². The molecule has 1 saturated carbocycles. The Labute approximate surface area is 163 Å². The first-order valence-electron chi connectivity index (χ1n) is 9.29. The van der Waals surface area contributed by atoms with Gasteiger partial charge in [0.05, 0.1) is 17.3 Å². The number of rotatable bonds is 10. The Bertz CT molecular complexity index is 780. The van der Waals surface area contributed by atoms with E-state index in [4.69, 9.17) is 9.47 Å². The van der Waals surface area contributed by atoms with E-state index in [1.54, 1.807) is 30.8 Å². The number of carbonyl (C=O) groups excluding carboxylic acids is 1. The molecular formula is C21H24FNO3S. The number of nitrogens with zero attached hydrogens (tertiary/aromatic N) is 1. The minimum absolute atomic E-state index is 0.167. The fraction of sp³-hybridized carbons (Fsp3) is 0.429. The summed E-state index contributed by atoms with van der Waals surface area (Å²) in [5.74, 6) is 1.73. The molecule has 0 saturated heterocycles. The van der Waals surface area contributed by atoms with Crippen molar-refractivity contribution in [2.45, 2.75) is 44.2 Å². The van der Waals surface area contributed by atoms with Gasteiger partial charge in [0.25, 0.3) is 0 Å². The second-order valence-electron chi connectivity index (χ2n) is 6.57. The van der Waals surface area contributed by atoms with Crippen molar-refractivity contribution < 1.29 is 18.7 Å². The molecular weight excluding hydrogens is 365 g/mol. The standard InChI is InChI=1S/C21H24FNO3S/c1-2-25-21(24)11-9-16-8-10-18(12-19(16)22)26-13-17-4-3-5-20(23-17)27-14-15-6-7-15/h3-5,8,10,12,15H,2,6-7,9,11,13-14H2,1H3. The van der Waals surface area contributed by atoms with Crippen molar-refractivity contribution in [3.63, 3.8) is 0 Å². The smallest absolute Gasteiger partial charge is 0.306 e. The van der Waals surface area contributed by atoms with Gasteiger partial charge in [-0.3, -0.25) is 4.79 Å². The zero-order chi connectivity index (χ0) is 19.1. The third-order valence-corrected chi connectivity index (χ3v) is 5.42. The fourth-order valence-corrected chi connectivity index (χ4v) is 3.65. The van der Waals surface area contributed by atoms with Crippen molar-refractivity contribution in [1.82, 2.24) is 4.98 Å². The molecule has 0 N–H and O–H groups in total. The molecule has 1 aromatic heterocycles. The molecule has 1 heterocycles. The molecule has 0 bridgehead atoms. The Morgan fingerprint density at radius 2 is 2.15 bits per heavy atom. The van der Waals surface area contributed by atoms with Gasteiger partial charge in [-0.2, -0.15) is 0 Å². The van der Waals surface area contributed by atoms with Crippen LogP contribution in [0.3, 0.4) is 0 Å². The lowest BCUT2D eigenvalue weighted by atomic mass is 10.1. The van der Waals surface area contributed by atoms with Crippen LogP contribution in [0.5, 0.6) is 5.75 Å². The van der Waals surface area contributed by atoms with E-state index < -0.39 is 0 Å². The fourth-order valence-electron chi connectivity index (χ4n) is 2.55. The highest BCUT2D eigenvalue weighted by Gasteiger charge is 2.21. The molecule has 27 heavy (non-hydrogen) atoms. The molecule has 1 aliphatic rings. The first kappa shape index (κ1) is 19.7. The van der Waals surface area contributed by atoms with Crippen LogP contribution in [0.1, 0.15) is 37.4 Å². The summed E-state index contributed by atoms with van der Waals surface area (Å²) in [5, 5.41) is 1.00. The van der Waals surface area contributed by atoms with Gasteiger partial charge in [-0.1, -0.05) is 12.1 Å². The van der Waals surface area contributed by atoms with Crippen molar-refractivity contribution in [3.05, 3.63) is 53.5 Å². The Morgan fingerprint density at radius 3 is 2.89 bits per heavy atom. The van der Waals surface area contributed by atoms with E-state index in [0.29, 0.717) is 30.9 Å².